The second kappa shape index (κ2) is 10.3. The van der Waals surface area contributed by atoms with Gasteiger partial charge in [0.25, 0.3) is 0 Å². The standard InChI is InChI=1S/C23H30N4O5S/c1-4-32-23(29)26-15-16(2)27(17(3)28)21-11-8-19(14-22(21)26)18-6-9-20(10-7-18)33(30,31)25-13-5-12-24/h6-11,14,16,25H,4-5,12-13,15,24H2,1-3H3/t16-/m0/s1. The van der Waals surface area contributed by atoms with Crippen LogP contribution in [0.3, 0.4) is 0 Å². The molecule has 1 atom stereocenters. The molecule has 0 saturated heterocycles. The third kappa shape index (κ3) is 5.35. The minimum atomic E-state index is -3.61. The van der Waals surface area contributed by atoms with Gasteiger partial charge in [-0.25, -0.2) is 17.9 Å². The second-order valence-corrected chi connectivity index (χ2v) is 9.58. The molecular weight excluding hydrogens is 444 g/mol. The Kier molecular flexibility index (Phi) is 7.72. The van der Waals surface area contributed by atoms with E-state index < -0.39 is 16.1 Å². The van der Waals surface area contributed by atoms with E-state index in [1.165, 1.54) is 24.0 Å². The van der Waals surface area contributed by atoms with Crippen molar-refractivity contribution in [1.29, 1.82) is 0 Å². The minimum absolute atomic E-state index is 0.114. The highest BCUT2D eigenvalue weighted by Gasteiger charge is 2.34. The lowest BCUT2D eigenvalue weighted by Crippen LogP contribution is -2.51. The molecule has 3 N–H and O–H groups in total. The molecule has 0 unspecified atom stereocenters. The lowest BCUT2D eigenvalue weighted by Gasteiger charge is -2.40. The summed E-state index contributed by atoms with van der Waals surface area (Å²) in [5.41, 5.74) is 8.17. The van der Waals surface area contributed by atoms with Crippen LogP contribution < -0.4 is 20.3 Å². The Morgan fingerprint density at radius 3 is 2.39 bits per heavy atom. The fraction of sp³-hybridized carbons (Fsp3) is 0.391. The summed E-state index contributed by atoms with van der Waals surface area (Å²) in [6, 6.07) is 11.7. The highest BCUT2D eigenvalue weighted by molar-refractivity contribution is 7.89. The van der Waals surface area contributed by atoms with Crippen LogP contribution in [0.1, 0.15) is 27.2 Å². The average Bonchev–Trinajstić information content (AvgIpc) is 2.78. The smallest absolute Gasteiger partial charge is 0.414 e. The summed E-state index contributed by atoms with van der Waals surface area (Å²) in [4.78, 5) is 28.2. The number of benzene rings is 2. The zero-order valence-corrected chi connectivity index (χ0v) is 19.9. The van der Waals surface area contributed by atoms with Crippen LogP contribution in [0.2, 0.25) is 0 Å². The number of sulfonamides is 1. The maximum absolute atomic E-state index is 12.6. The van der Waals surface area contributed by atoms with Crippen LogP contribution in [0.15, 0.2) is 47.4 Å². The van der Waals surface area contributed by atoms with Gasteiger partial charge < -0.3 is 15.4 Å². The molecule has 1 aliphatic heterocycles. The Labute approximate surface area is 194 Å². The van der Waals surface area contributed by atoms with Gasteiger partial charge in [-0.2, -0.15) is 0 Å². The third-order valence-corrected chi connectivity index (χ3v) is 6.89. The fourth-order valence-electron chi connectivity index (χ4n) is 3.88. The number of ether oxygens (including phenoxy) is 1. The lowest BCUT2D eigenvalue weighted by molar-refractivity contribution is -0.117. The average molecular weight is 475 g/mol. The molecule has 0 saturated carbocycles. The van der Waals surface area contributed by atoms with Crippen molar-refractivity contribution >= 4 is 33.4 Å². The van der Waals surface area contributed by atoms with Crippen LogP contribution in [0.4, 0.5) is 16.2 Å². The molecule has 0 bridgehead atoms. The summed E-state index contributed by atoms with van der Waals surface area (Å²) in [7, 11) is -3.61. The zero-order valence-electron chi connectivity index (χ0n) is 19.1. The maximum atomic E-state index is 12.6. The molecule has 178 valence electrons. The number of fused-ring (bicyclic) bond motifs is 1. The van der Waals surface area contributed by atoms with Gasteiger partial charge in [-0.3, -0.25) is 9.69 Å². The van der Waals surface area contributed by atoms with Gasteiger partial charge in [0.2, 0.25) is 15.9 Å². The minimum Gasteiger partial charge on any atom is -0.449 e. The van der Waals surface area contributed by atoms with Crippen molar-refractivity contribution in [3.63, 3.8) is 0 Å². The zero-order chi connectivity index (χ0) is 24.2. The summed E-state index contributed by atoms with van der Waals surface area (Å²) < 4.78 is 32.6. The summed E-state index contributed by atoms with van der Waals surface area (Å²) >= 11 is 0. The van der Waals surface area contributed by atoms with E-state index in [9.17, 15) is 18.0 Å². The Hall–Kier alpha value is -2.95. The van der Waals surface area contributed by atoms with Crippen molar-refractivity contribution in [3.8, 4) is 11.1 Å². The van der Waals surface area contributed by atoms with E-state index in [0.29, 0.717) is 30.9 Å². The van der Waals surface area contributed by atoms with E-state index in [2.05, 4.69) is 4.72 Å². The molecule has 0 spiro atoms. The summed E-state index contributed by atoms with van der Waals surface area (Å²) in [5.74, 6) is -0.114. The van der Waals surface area contributed by atoms with Gasteiger partial charge in [-0.15, -0.1) is 0 Å². The normalized spacial score (nSPS) is 15.8. The molecule has 33 heavy (non-hydrogen) atoms. The highest BCUT2D eigenvalue weighted by Crippen LogP contribution is 2.39. The van der Waals surface area contributed by atoms with Gasteiger partial charge in [0.05, 0.1) is 28.9 Å². The van der Waals surface area contributed by atoms with E-state index in [1.807, 2.05) is 19.1 Å². The molecule has 3 rings (SSSR count). The van der Waals surface area contributed by atoms with Crippen molar-refractivity contribution in [1.82, 2.24) is 4.72 Å². The third-order valence-electron chi connectivity index (χ3n) is 5.41. The first-order valence-corrected chi connectivity index (χ1v) is 12.4. The number of amides is 2. The van der Waals surface area contributed by atoms with Gasteiger partial charge in [-0.05, 0) is 62.2 Å². The highest BCUT2D eigenvalue weighted by atomic mass is 32.2. The van der Waals surface area contributed by atoms with Crippen LogP contribution >= 0.6 is 0 Å². The van der Waals surface area contributed by atoms with Crippen LogP contribution in [0.5, 0.6) is 0 Å². The molecule has 0 fully saturated rings. The number of carbonyl (C=O) groups excluding carboxylic acids is 2. The Morgan fingerprint density at radius 2 is 1.79 bits per heavy atom. The number of anilines is 2. The molecule has 10 heteroatoms. The number of nitrogens with zero attached hydrogens (tertiary/aromatic N) is 2. The Morgan fingerprint density at radius 1 is 1.12 bits per heavy atom. The van der Waals surface area contributed by atoms with E-state index in [0.717, 1.165) is 11.1 Å². The largest absolute Gasteiger partial charge is 0.449 e. The predicted molar refractivity (Wildman–Crippen MR) is 128 cm³/mol. The van der Waals surface area contributed by atoms with Crippen molar-refractivity contribution < 1.29 is 22.7 Å². The van der Waals surface area contributed by atoms with E-state index in [-0.39, 0.29) is 30.0 Å². The van der Waals surface area contributed by atoms with E-state index in [1.54, 1.807) is 30.0 Å². The predicted octanol–water partition coefficient (Wildman–Crippen LogP) is 2.70. The molecule has 1 aliphatic rings. The van der Waals surface area contributed by atoms with Crippen molar-refractivity contribution in [3.05, 3.63) is 42.5 Å². The molecule has 2 aromatic rings. The first-order valence-electron chi connectivity index (χ1n) is 10.9. The number of rotatable bonds is 7. The van der Waals surface area contributed by atoms with Crippen LogP contribution in [-0.2, 0) is 19.6 Å². The topological polar surface area (TPSA) is 122 Å². The number of nitrogens with two attached hydrogens (primary N) is 1. The monoisotopic (exact) mass is 474 g/mol. The first kappa shape index (κ1) is 24.7. The SMILES string of the molecule is CCOC(=O)N1C[C@H](C)N(C(C)=O)c2ccc(-c3ccc(S(=O)(=O)NCCCN)cc3)cc21. The second-order valence-electron chi connectivity index (χ2n) is 7.82. The van der Waals surface area contributed by atoms with E-state index >= 15 is 0 Å². The number of hydrogen-bond acceptors (Lipinski definition) is 6. The van der Waals surface area contributed by atoms with Crippen LogP contribution in [0, 0.1) is 0 Å². The molecule has 2 amide bonds. The number of hydrogen-bond donors (Lipinski definition) is 2. The quantitative estimate of drug-likeness (QED) is 0.595. The molecule has 2 aromatic carbocycles. The summed E-state index contributed by atoms with van der Waals surface area (Å²) in [6.45, 7) is 6.35. The molecule has 0 radical (unpaired) electrons. The van der Waals surface area contributed by atoms with Crippen LogP contribution in [0.25, 0.3) is 11.1 Å². The van der Waals surface area contributed by atoms with Gasteiger partial charge in [0.1, 0.15) is 0 Å². The fourth-order valence-corrected chi connectivity index (χ4v) is 4.95. The van der Waals surface area contributed by atoms with Gasteiger partial charge in [-0.1, -0.05) is 18.2 Å². The van der Waals surface area contributed by atoms with Crippen LogP contribution in [-0.4, -0.2) is 52.7 Å². The van der Waals surface area contributed by atoms with Gasteiger partial charge in [0.15, 0.2) is 0 Å². The van der Waals surface area contributed by atoms with E-state index in [4.69, 9.17) is 10.5 Å². The van der Waals surface area contributed by atoms with Crippen molar-refractivity contribution in [2.75, 3.05) is 36.0 Å². The Bertz CT molecular complexity index is 1120. The van der Waals surface area contributed by atoms with Crippen molar-refractivity contribution in [2.24, 2.45) is 5.73 Å². The summed E-state index contributed by atoms with van der Waals surface area (Å²) in [5, 5.41) is 0. The molecule has 1 heterocycles. The molecule has 0 aliphatic carbocycles. The van der Waals surface area contributed by atoms with Crippen molar-refractivity contribution in [2.45, 2.75) is 38.1 Å². The lowest BCUT2D eigenvalue weighted by atomic mass is 10.0. The summed E-state index contributed by atoms with van der Waals surface area (Å²) in [6.07, 6.45) is 0.0789. The Balaban J connectivity index is 1.96. The van der Waals surface area contributed by atoms with Gasteiger partial charge in [0, 0.05) is 20.0 Å². The molecule has 9 nitrogen and oxygen atoms in total. The maximum Gasteiger partial charge on any atom is 0.414 e. The first-order chi connectivity index (χ1) is 15.7. The number of carbonyl (C=O) groups is 2. The number of nitrogens with one attached hydrogen (secondary N) is 1. The molecule has 0 aromatic heterocycles. The molecular formula is C23H30N4O5S. The van der Waals surface area contributed by atoms with Gasteiger partial charge >= 0.3 is 6.09 Å².